The first-order chi connectivity index (χ1) is 9.97. The fraction of sp³-hybridized carbons (Fsp3) is 0.438. The molecule has 1 aromatic carbocycles. The summed E-state index contributed by atoms with van der Waals surface area (Å²) in [7, 11) is 0. The number of amides is 2. The van der Waals surface area contributed by atoms with E-state index in [9.17, 15) is 9.59 Å². The van der Waals surface area contributed by atoms with Crippen LogP contribution in [0.3, 0.4) is 0 Å². The van der Waals surface area contributed by atoms with Crippen molar-refractivity contribution in [3.05, 3.63) is 29.8 Å². The lowest BCUT2D eigenvalue weighted by Gasteiger charge is -2.27. The predicted molar refractivity (Wildman–Crippen MR) is 81.5 cm³/mol. The Bertz CT molecular complexity index is 531. The van der Waals surface area contributed by atoms with Crippen LogP contribution in [0, 0.1) is 11.3 Å². The molecule has 1 atom stereocenters. The minimum atomic E-state index is -0.144. The molecule has 0 fully saturated rings. The average molecular weight is 287 g/mol. The number of nitriles is 1. The molecule has 5 heteroatoms. The molecule has 0 aliphatic carbocycles. The van der Waals surface area contributed by atoms with Crippen LogP contribution in [0.5, 0.6) is 0 Å². The van der Waals surface area contributed by atoms with E-state index in [-0.39, 0.29) is 24.3 Å². The van der Waals surface area contributed by atoms with Gasteiger partial charge in [-0.1, -0.05) is 6.92 Å². The third-order valence-electron chi connectivity index (χ3n) is 3.40. The Kier molecular flexibility index (Phi) is 6.41. The Balaban J connectivity index is 2.52. The van der Waals surface area contributed by atoms with Crippen LogP contribution in [0.25, 0.3) is 0 Å². The number of rotatable bonds is 6. The van der Waals surface area contributed by atoms with Crippen LogP contribution in [0.15, 0.2) is 24.3 Å². The molecule has 0 saturated heterocycles. The number of carbonyl (C=O) groups is 2. The Morgan fingerprint density at radius 2 is 1.95 bits per heavy atom. The lowest BCUT2D eigenvalue weighted by Crippen LogP contribution is -2.38. The molecule has 1 rings (SSSR count). The van der Waals surface area contributed by atoms with Crippen LogP contribution >= 0.6 is 0 Å². The van der Waals surface area contributed by atoms with E-state index < -0.39 is 0 Å². The van der Waals surface area contributed by atoms with E-state index in [0.29, 0.717) is 17.8 Å². The van der Waals surface area contributed by atoms with Crippen LogP contribution in [-0.2, 0) is 9.59 Å². The summed E-state index contributed by atoms with van der Waals surface area (Å²) in [5.74, 6) is -0.162. The molecule has 0 bridgehead atoms. The zero-order valence-electron chi connectivity index (χ0n) is 12.7. The first-order valence-electron chi connectivity index (χ1n) is 7.05. The molecule has 0 saturated carbocycles. The molecule has 0 radical (unpaired) electrons. The van der Waals surface area contributed by atoms with Gasteiger partial charge in [-0.2, -0.15) is 5.26 Å². The van der Waals surface area contributed by atoms with Gasteiger partial charge >= 0.3 is 0 Å². The first-order valence-corrected chi connectivity index (χ1v) is 7.05. The van der Waals surface area contributed by atoms with Crippen molar-refractivity contribution in [1.29, 1.82) is 5.26 Å². The topological polar surface area (TPSA) is 73.2 Å². The van der Waals surface area contributed by atoms with Crippen LogP contribution < -0.4 is 5.32 Å². The number of hydrogen-bond donors (Lipinski definition) is 1. The maximum Gasteiger partial charge on any atom is 0.226 e. The highest BCUT2D eigenvalue weighted by Gasteiger charge is 2.16. The van der Waals surface area contributed by atoms with Gasteiger partial charge in [-0.15, -0.1) is 0 Å². The summed E-state index contributed by atoms with van der Waals surface area (Å²) < 4.78 is 0. The molecular weight excluding hydrogens is 266 g/mol. The highest BCUT2D eigenvalue weighted by atomic mass is 16.2. The van der Waals surface area contributed by atoms with Crippen molar-refractivity contribution in [2.45, 2.75) is 39.7 Å². The number of nitrogens with one attached hydrogen (secondary N) is 1. The van der Waals surface area contributed by atoms with Gasteiger partial charge in [0.05, 0.1) is 11.6 Å². The zero-order chi connectivity index (χ0) is 15.8. The molecule has 0 heterocycles. The molecule has 0 aliphatic rings. The molecule has 1 N–H and O–H groups in total. The molecule has 1 unspecified atom stereocenters. The number of carbonyl (C=O) groups excluding carboxylic acids is 2. The quantitative estimate of drug-likeness (QED) is 0.873. The molecule has 112 valence electrons. The monoisotopic (exact) mass is 287 g/mol. The van der Waals surface area contributed by atoms with Crippen molar-refractivity contribution in [1.82, 2.24) is 4.90 Å². The van der Waals surface area contributed by atoms with E-state index in [1.807, 2.05) is 19.9 Å². The van der Waals surface area contributed by atoms with E-state index in [0.717, 1.165) is 6.42 Å². The second-order valence-corrected chi connectivity index (χ2v) is 4.96. The van der Waals surface area contributed by atoms with E-state index in [4.69, 9.17) is 5.26 Å². The van der Waals surface area contributed by atoms with E-state index in [1.54, 1.807) is 29.2 Å². The number of nitrogens with zero attached hydrogens (tertiary/aromatic N) is 2. The lowest BCUT2D eigenvalue weighted by atomic mass is 10.2. The van der Waals surface area contributed by atoms with Gasteiger partial charge in [-0.25, -0.2) is 0 Å². The Morgan fingerprint density at radius 1 is 1.33 bits per heavy atom. The molecule has 2 amide bonds. The van der Waals surface area contributed by atoms with Crippen molar-refractivity contribution < 1.29 is 9.59 Å². The summed E-state index contributed by atoms with van der Waals surface area (Å²) in [4.78, 5) is 25.1. The van der Waals surface area contributed by atoms with Gasteiger partial charge in [0.25, 0.3) is 0 Å². The largest absolute Gasteiger partial charge is 0.340 e. The Hall–Kier alpha value is -2.35. The second kappa shape index (κ2) is 8.05. The smallest absolute Gasteiger partial charge is 0.226 e. The van der Waals surface area contributed by atoms with Gasteiger partial charge in [-0.3, -0.25) is 9.59 Å². The number of benzene rings is 1. The van der Waals surface area contributed by atoms with Gasteiger partial charge in [0.1, 0.15) is 0 Å². The molecule has 1 aromatic rings. The van der Waals surface area contributed by atoms with Crippen LogP contribution in [0.2, 0.25) is 0 Å². The maximum atomic E-state index is 11.9. The van der Waals surface area contributed by atoms with Crippen molar-refractivity contribution in [3.63, 3.8) is 0 Å². The summed E-state index contributed by atoms with van der Waals surface area (Å²) in [5.41, 5.74) is 1.20. The van der Waals surface area contributed by atoms with E-state index >= 15 is 0 Å². The van der Waals surface area contributed by atoms with Crippen molar-refractivity contribution in [2.75, 3.05) is 11.9 Å². The fourth-order valence-corrected chi connectivity index (χ4v) is 1.98. The van der Waals surface area contributed by atoms with E-state index in [2.05, 4.69) is 5.32 Å². The predicted octanol–water partition coefficient (Wildman–Crippen LogP) is 2.53. The second-order valence-electron chi connectivity index (χ2n) is 4.96. The fourth-order valence-electron chi connectivity index (χ4n) is 1.98. The standard InChI is InChI=1S/C16H21N3O2/c1-4-12(2)19(13(3)20)10-9-16(21)18-15-7-5-14(11-17)6-8-15/h5-8,12H,4,9-10H2,1-3H3,(H,18,21). The normalized spacial score (nSPS) is 11.3. The minimum Gasteiger partial charge on any atom is -0.340 e. The van der Waals surface area contributed by atoms with E-state index in [1.165, 1.54) is 6.92 Å². The van der Waals surface area contributed by atoms with Crippen LogP contribution in [-0.4, -0.2) is 29.3 Å². The van der Waals surface area contributed by atoms with Gasteiger partial charge < -0.3 is 10.2 Å². The van der Waals surface area contributed by atoms with Crippen LogP contribution in [0.1, 0.15) is 39.2 Å². The molecular formula is C16H21N3O2. The Labute approximate surface area is 125 Å². The molecule has 21 heavy (non-hydrogen) atoms. The highest BCUT2D eigenvalue weighted by Crippen LogP contribution is 2.10. The zero-order valence-corrected chi connectivity index (χ0v) is 12.7. The lowest BCUT2D eigenvalue weighted by molar-refractivity contribution is -0.131. The van der Waals surface area contributed by atoms with Gasteiger partial charge in [0.2, 0.25) is 11.8 Å². The van der Waals surface area contributed by atoms with Gasteiger partial charge in [0, 0.05) is 31.6 Å². The third-order valence-corrected chi connectivity index (χ3v) is 3.40. The summed E-state index contributed by atoms with van der Waals surface area (Å²) in [5, 5.41) is 11.5. The average Bonchev–Trinajstić information content (AvgIpc) is 2.47. The number of hydrogen-bond acceptors (Lipinski definition) is 3. The Morgan fingerprint density at radius 3 is 2.43 bits per heavy atom. The molecule has 0 spiro atoms. The summed E-state index contributed by atoms with van der Waals surface area (Å²) >= 11 is 0. The molecule has 0 aliphatic heterocycles. The van der Waals surface area contributed by atoms with Crippen LogP contribution in [0.4, 0.5) is 5.69 Å². The van der Waals surface area contributed by atoms with Gasteiger partial charge in [0.15, 0.2) is 0 Å². The van der Waals surface area contributed by atoms with Gasteiger partial charge in [-0.05, 0) is 37.6 Å². The number of anilines is 1. The molecule has 0 aromatic heterocycles. The summed E-state index contributed by atoms with van der Waals surface area (Å²) in [6.45, 7) is 5.91. The summed E-state index contributed by atoms with van der Waals surface area (Å²) in [6.07, 6.45) is 1.11. The maximum absolute atomic E-state index is 11.9. The SMILES string of the molecule is CCC(C)N(CCC(=O)Nc1ccc(C#N)cc1)C(C)=O. The highest BCUT2D eigenvalue weighted by molar-refractivity contribution is 5.91. The van der Waals surface area contributed by atoms with Crippen molar-refractivity contribution >= 4 is 17.5 Å². The third kappa shape index (κ3) is 5.27. The summed E-state index contributed by atoms with van der Waals surface area (Å²) in [6, 6.07) is 8.83. The molecule has 5 nitrogen and oxygen atoms in total. The first kappa shape index (κ1) is 16.7. The van der Waals surface area contributed by atoms with Crippen molar-refractivity contribution in [3.8, 4) is 6.07 Å². The minimum absolute atomic E-state index is 0.0180. The van der Waals surface area contributed by atoms with Crippen molar-refractivity contribution in [2.24, 2.45) is 0 Å².